The van der Waals surface area contributed by atoms with Crippen molar-refractivity contribution in [2.75, 3.05) is 18.0 Å². The molecule has 0 aliphatic heterocycles. The maximum absolute atomic E-state index is 5.98. The molecule has 0 amide bonds. The summed E-state index contributed by atoms with van der Waals surface area (Å²) in [6, 6.07) is 15.5. The normalized spacial score (nSPS) is 12.6. The second-order valence-electron chi connectivity index (χ2n) is 4.96. The Labute approximate surface area is 116 Å². The highest BCUT2D eigenvalue weighted by atomic mass is 15.2. The summed E-state index contributed by atoms with van der Waals surface area (Å²) in [5, 5.41) is 2.62. The molecule has 1 unspecified atom stereocenters. The van der Waals surface area contributed by atoms with Crippen LogP contribution in [0.2, 0.25) is 0 Å². The molecule has 0 saturated heterocycles. The molecule has 0 bridgehead atoms. The van der Waals surface area contributed by atoms with E-state index in [0.29, 0.717) is 12.6 Å². The maximum Gasteiger partial charge on any atom is 0.0448 e. The quantitative estimate of drug-likeness (QED) is 0.852. The molecule has 1 atom stereocenters. The highest BCUT2D eigenvalue weighted by molar-refractivity contribution is 5.94. The third-order valence-corrected chi connectivity index (χ3v) is 3.75. The zero-order valence-electron chi connectivity index (χ0n) is 12.0. The Kier molecular flexibility index (Phi) is 4.80. The van der Waals surface area contributed by atoms with E-state index in [1.807, 2.05) is 0 Å². The molecule has 0 aliphatic carbocycles. The molecule has 0 fully saturated rings. The van der Waals surface area contributed by atoms with Gasteiger partial charge in [0, 0.05) is 30.2 Å². The minimum Gasteiger partial charge on any atom is -0.367 e. The summed E-state index contributed by atoms with van der Waals surface area (Å²) in [4.78, 5) is 2.45. The van der Waals surface area contributed by atoms with Crippen LogP contribution in [0.4, 0.5) is 5.69 Å². The average Bonchev–Trinajstić information content (AvgIpc) is 2.47. The van der Waals surface area contributed by atoms with Crippen LogP contribution in [0.25, 0.3) is 10.8 Å². The zero-order valence-corrected chi connectivity index (χ0v) is 12.0. The minimum atomic E-state index is 0.431. The highest BCUT2D eigenvalue weighted by Gasteiger charge is 2.16. The summed E-state index contributed by atoms with van der Waals surface area (Å²) in [5.41, 5.74) is 7.28. The number of nitrogens with two attached hydrogens (primary N) is 1. The van der Waals surface area contributed by atoms with Gasteiger partial charge in [-0.05, 0) is 24.8 Å². The van der Waals surface area contributed by atoms with Crippen LogP contribution in [0, 0.1) is 0 Å². The summed E-state index contributed by atoms with van der Waals surface area (Å²) in [7, 11) is 0. The van der Waals surface area contributed by atoms with Crippen molar-refractivity contribution in [2.24, 2.45) is 5.73 Å². The third kappa shape index (κ3) is 2.90. The number of anilines is 1. The maximum atomic E-state index is 5.98. The standard InChI is InChI=1S/C17H24N2/c1-3-8-15(13-18)19(4-2)17-12-7-10-14-9-5-6-11-16(14)17/h5-7,9-12,15H,3-4,8,13,18H2,1-2H3. The van der Waals surface area contributed by atoms with Crippen LogP contribution in [0.1, 0.15) is 26.7 Å². The van der Waals surface area contributed by atoms with Gasteiger partial charge in [-0.25, -0.2) is 0 Å². The van der Waals surface area contributed by atoms with Gasteiger partial charge >= 0.3 is 0 Å². The van der Waals surface area contributed by atoms with Crippen molar-refractivity contribution in [3.63, 3.8) is 0 Å². The predicted octanol–water partition coefficient (Wildman–Crippen LogP) is 3.79. The largest absolute Gasteiger partial charge is 0.367 e. The monoisotopic (exact) mass is 256 g/mol. The number of fused-ring (bicyclic) bond motifs is 1. The van der Waals surface area contributed by atoms with Gasteiger partial charge in [0.05, 0.1) is 0 Å². The number of hydrogen-bond acceptors (Lipinski definition) is 2. The van der Waals surface area contributed by atoms with Gasteiger partial charge in [-0.1, -0.05) is 49.7 Å². The Hall–Kier alpha value is -1.54. The van der Waals surface area contributed by atoms with Crippen LogP contribution >= 0.6 is 0 Å². The second kappa shape index (κ2) is 6.58. The Bertz CT molecular complexity index is 516. The molecule has 2 N–H and O–H groups in total. The average molecular weight is 256 g/mol. The van der Waals surface area contributed by atoms with Gasteiger partial charge in [-0.3, -0.25) is 0 Å². The summed E-state index contributed by atoms with van der Waals surface area (Å²) >= 11 is 0. The fourth-order valence-electron chi connectivity index (χ4n) is 2.82. The lowest BCUT2D eigenvalue weighted by Crippen LogP contribution is -2.40. The molecule has 0 heterocycles. The first-order valence-corrected chi connectivity index (χ1v) is 7.26. The van der Waals surface area contributed by atoms with E-state index in [-0.39, 0.29) is 0 Å². The smallest absolute Gasteiger partial charge is 0.0448 e. The molecular weight excluding hydrogens is 232 g/mol. The van der Waals surface area contributed by atoms with E-state index in [2.05, 4.69) is 61.2 Å². The number of benzene rings is 2. The van der Waals surface area contributed by atoms with Crippen LogP contribution in [0.15, 0.2) is 42.5 Å². The molecule has 0 spiro atoms. The molecule has 0 saturated carbocycles. The van der Waals surface area contributed by atoms with Crippen LogP contribution in [0.3, 0.4) is 0 Å². The number of rotatable bonds is 6. The Morgan fingerprint density at radius 1 is 1.05 bits per heavy atom. The molecule has 2 heteroatoms. The lowest BCUT2D eigenvalue weighted by atomic mass is 10.0. The molecule has 102 valence electrons. The first-order valence-electron chi connectivity index (χ1n) is 7.26. The second-order valence-corrected chi connectivity index (χ2v) is 4.96. The van der Waals surface area contributed by atoms with E-state index in [0.717, 1.165) is 13.0 Å². The van der Waals surface area contributed by atoms with Gasteiger partial charge in [0.2, 0.25) is 0 Å². The van der Waals surface area contributed by atoms with Crippen molar-refractivity contribution >= 4 is 16.5 Å². The van der Waals surface area contributed by atoms with Crippen molar-refractivity contribution in [1.29, 1.82) is 0 Å². The molecule has 2 aromatic rings. The van der Waals surface area contributed by atoms with E-state index in [1.165, 1.54) is 22.9 Å². The van der Waals surface area contributed by atoms with Crippen LogP contribution in [0.5, 0.6) is 0 Å². The molecule has 0 aromatic heterocycles. The van der Waals surface area contributed by atoms with Crippen molar-refractivity contribution in [3.05, 3.63) is 42.5 Å². The highest BCUT2D eigenvalue weighted by Crippen LogP contribution is 2.28. The number of nitrogens with zero attached hydrogens (tertiary/aromatic N) is 1. The lowest BCUT2D eigenvalue weighted by molar-refractivity contribution is 0.559. The van der Waals surface area contributed by atoms with Gasteiger partial charge in [-0.2, -0.15) is 0 Å². The van der Waals surface area contributed by atoms with Gasteiger partial charge in [0.25, 0.3) is 0 Å². The van der Waals surface area contributed by atoms with Gasteiger partial charge in [-0.15, -0.1) is 0 Å². The molecule has 2 aromatic carbocycles. The number of likely N-dealkylation sites (N-methyl/N-ethyl adjacent to an activating group) is 1. The number of hydrogen-bond donors (Lipinski definition) is 1. The topological polar surface area (TPSA) is 29.3 Å². The molecular formula is C17H24N2. The zero-order chi connectivity index (χ0) is 13.7. The lowest BCUT2D eigenvalue weighted by Gasteiger charge is -2.33. The molecule has 0 aliphatic rings. The molecule has 19 heavy (non-hydrogen) atoms. The van der Waals surface area contributed by atoms with Crippen LogP contribution in [-0.4, -0.2) is 19.1 Å². The Morgan fingerprint density at radius 3 is 2.47 bits per heavy atom. The SMILES string of the molecule is CCCC(CN)N(CC)c1cccc2ccccc12. The van der Waals surface area contributed by atoms with Crippen molar-refractivity contribution in [2.45, 2.75) is 32.7 Å². The van der Waals surface area contributed by atoms with Gasteiger partial charge in [0.1, 0.15) is 0 Å². The van der Waals surface area contributed by atoms with E-state index in [1.54, 1.807) is 0 Å². The van der Waals surface area contributed by atoms with Crippen molar-refractivity contribution < 1.29 is 0 Å². The van der Waals surface area contributed by atoms with Gasteiger partial charge < -0.3 is 10.6 Å². The summed E-state index contributed by atoms with van der Waals surface area (Å²) in [6.45, 7) is 6.14. The van der Waals surface area contributed by atoms with Gasteiger partial charge in [0.15, 0.2) is 0 Å². The first-order chi connectivity index (χ1) is 9.31. The van der Waals surface area contributed by atoms with Crippen molar-refractivity contribution in [3.8, 4) is 0 Å². The predicted molar refractivity (Wildman–Crippen MR) is 84.7 cm³/mol. The fraction of sp³-hybridized carbons (Fsp3) is 0.412. The van der Waals surface area contributed by atoms with Crippen LogP contribution in [-0.2, 0) is 0 Å². The van der Waals surface area contributed by atoms with E-state index >= 15 is 0 Å². The third-order valence-electron chi connectivity index (χ3n) is 3.75. The first kappa shape index (κ1) is 13.9. The van der Waals surface area contributed by atoms with Crippen LogP contribution < -0.4 is 10.6 Å². The van der Waals surface area contributed by atoms with E-state index in [4.69, 9.17) is 5.73 Å². The molecule has 0 radical (unpaired) electrons. The van der Waals surface area contributed by atoms with Crippen molar-refractivity contribution in [1.82, 2.24) is 0 Å². The van der Waals surface area contributed by atoms with E-state index < -0.39 is 0 Å². The summed E-state index contributed by atoms with van der Waals surface area (Å²) in [6.07, 6.45) is 2.32. The molecule has 2 rings (SSSR count). The molecule has 2 nitrogen and oxygen atoms in total. The Morgan fingerprint density at radius 2 is 1.79 bits per heavy atom. The minimum absolute atomic E-state index is 0.431. The van der Waals surface area contributed by atoms with E-state index in [9.17, 15) is 0 Å². The summed E-state index contributed by atoms with van der Waals surface area (Å²) in [5.74, 6) is 0. The summed E-state index contributed by atoms with van der Waals surface area (Å²) < 4.78 is 0. The fourth-order valence-corrected chi connectivity index (χ4v) is 2.82. The Balaban J connectivity index is 2.45.